The van der Waals surface area contributed by atoms with E-state index in [1.807, 2.05) is 12.1 Å². The number of rotatable bonds is 3. The van der Waals surface area contributed by atoms with Crippen LogP contribution in [0.25, 0.3) is 10.8 Å². The standard InChI is InChI=1S/C10H8O5S2/c11-16(12)15-17(13,14)10-6-5-8-3-1-2-4-9(8)7-10/h1-7H,(H,11,12). The van der Waals surface area contributed by atoms with Gasteiger partial charge in [0.1, 0.15) is 0 Å². The van der Waals surface area contributed by atoms with Gasteiger partial charge in [0.2, 0.25) is 0 Å². The lowest BCUT2D eigenvalue weighted by atomic mass is 10.1. The molecule has 0 heterocycles. The molecule has 17 heavy (non-hydrogen) atoms. The van der Waals surface area contributed by atoms with E-state index >= 15 is 0 Å². The van der Waals surface area contributed by atoms with Crippen LogP contribution in [0.3, 0.4) is 0 Å². The fraction of sp³-hybridized carbons (Fsp3) is 0. The fourth-order valence-electron chi connectivity index (χ4n) is 1.44. The van der Waals surface area contributed by atoms with Gasteiger partial charge in [-0.05, 0) is 22.9 Å². The summed E-state index contributed by atoms with van der Waals surface area (Å²) in [6, 6.07) is 11.5. The number of benzene rings is 2. The lowest BCUT2D eigenvalue weighted by Crippen LogP contribution is -2.07. The van der Waals surface area contributed by atoms with Crippen molar-refractivity contribution >= 4 is 32.3 Å². The molecule has 0 aliphatic rings. The van der Waals surface area contributed by atoms with Crippen LogP contribution < -0.4 is 0 Å². The van der Waals surface area contributed by atoms with Gasteiger partial charge in [-0.15, -0.1) is 3.63 Å². The Bertz CT molecular complexity index is 678. The molecule has 2 aromatic rings. The molecule has 0 fully saturated rings. The van der Waals surface area contributed by atoms with E-state index in [2.05, 4.69) is 3.63 Å². The second-order valence-corrected chi connectivity index (χ2v) is 5.61. The average molecular weight is 272 g/mol. The molecule has 0 spiro atoms. The van der Waals surface area contributed by atoms with Crippen LogP contribution >= 0.6 is 0 Å². The van der Waals surface area contributed by atoms with Crippen LogP contribution in [0.1, 0.15) is 0 Å². The van der Waals surface area contributed by atoms with E-state index in [1.165, 1.54) is 12.1 Å². The number of hydrogen-bond donors (Lipinski definition) is 1. The molecule has 5 nitrogen and oxygen atoms in total. The first-order valence-corrected chi connectivity index (χ1v) is 6.98. The molecule has 2 rings (SSSR count). The first kappa shape index (κ1) is 12.2. The summed E-state index contributed by atoms with van der Waals surface area (Å²) in [4.78, 5) is -0.154. The van der Waals surface area contributed by atoms with Gasteiger partial charge in [0.05, 0.1) is 4.90 Å². The van der Waals surface area contributed by atoms with Crippen molar-refractivity contribution in [3.05, 3.63) is 42.5 Å². The lowest BCUT2D eigenvalue weighted by Gasteiger charge is -2.03. The SMILES string of the molecule is O=S(O)OS(=O)(=O)c1ccc2ccccc2c1. The van der Waals surface area contributed by atoms with Crippen molar-refractivity contribution in [3.63, 3.8) is 0 Å². The smallest absolute Gasteiger partial charge is 0.283 e. The van der Waals surface area contributed by atoms with Gasteiger partial charge in [-0.2, -0.15) is 12.6 Å². The van der Waals surface area contributed by atoms with Gasteiger partial charge in [-0.25, -0.2) is 0 Å². The van der Waals surface area contributed by atoms with E-state index < -0.39 is 21.5 Å². The highest BCUT2D eigenvalue weighted by molar-refractivity contribution is 7.95. The highest BCUT2D eigenvalue weighted by Crippen LogP contribution is 2.20. The third-order valence-electron chi connectivity index (χ3n) is 2.16. The van der Waals surface area contributed by atoms with Gasteiger partial charge >= 0.3 is 21.5 Å². The molecular formula is C10H8O5S2. The summed E-state index contributed by atoms with van der Waals surface area (Å²) in [5, 5.41) is 1.58. The van der Waals surface area contributed by atoms with E-state index in [0.717, 1.165) is 5.39 Å². The van der Waals surface area contributed by atoms with E-state index in [4.69, 9.17) is 4.55 Å². The Balaban J connectivity index is 2.53. The first-order chi connectivity index (χ1) is 7.99. The molecule has 90 valence electrons. The molecule has 2 aromatic carbocycles. The topological polar surface area (TPSA) is 80.7 Å². The molecule has 0 amide bonds. The van der Waals surface area contributed by atoms with Gasteiger partial charge in [-0.3, -0.25) is 4.55 Å². The Morgan fingerprint density at radius 1 is 1.06 bits per heavy atom. The zero-order valence-corrected chi connectivity index (χ0v) is 10.1. The van der Waals surface area contributed by atoms with Crippen molar-refractivity contribution in [1.29, 1.82) is 0 Å². The van der Waals surface area contributed by atoms with Gasteiger partial charge < -0.3 is 0 Å². The van der Waals surface area contributed by atoms with Crippen molar-refractivity contribution in [1.82, 2.24) is 0 Å². The normalized spacial score (nSPS) is 13.7. The predicted octanol–water partition coefficient (Wildman–Crippen LogP) is 1.68. The summed E-state index contributed by atoms with van der Waals surface area (Å²) >= 11 is -2.86. The fourth-order valence-corrected chi connectivity index (χ4v) is 2.87. The van der Waals surface area contributed by atoms with Crippen molar-refractivity contribution in [2.24, 2.45) is 0 Å². The summed E-state index contributed by atoms with van der Waals surface area (Å²) in [6.07, 6.45) is 0. The Kier molecular flexibility index (Phi) is 3.25. The molecule has 0 aliphatic heterocycles. The molecule has 0 saturated heterocycles. The Morgan fingerprint density at radius 3 is 2.35 bits per heavy atom. The molecule has 0 aromatic heterocycles. The van der Waals surface area contributed by atoms with E-state index in [1.54, 1.807) is 18.2 Å². The van der Waals surface area contributed by atoms with Crippen LogP contribution in [0.2, 0.25) is 0 Å². The zero-order chi connectivity index (χ0) is 12.5. The van der Waals surface area contributed by atoms with E-state index in [-0.39, 0.29) is 4.90 Å². The summed E-state index contributed by atoms with van der Waals surface area (Å²) < 4.78 is 45.8. The maximum absolute atomic E-state index is 11.5. The molecule has 0 radical (unpaired) electrons. The van der Waals surface area contributed by atoms with Crippen molar-refractivity contribution in [2.45, 2.75) is 4.90 Å². The minimum absolute atomic E-state index is 0.154. The summed E-state index contributed by atoms with van der Waals surface area (Å²) in [7, 11) is -4.20. The Hall–Kier alpha value is -1.28. The summed E-state index contributed by atoms with van der Waals surface area (Å²) in [6.45, 7) is 0. The maximum atomic E-state index is 11.5. The molecule has 1 N–H and O–H groups in total. The van der Waals surface area contributed by atoms with Gasteiger partial charge in [0, 0.05) is 0 Å². The zero-order valence-electron chi connectivity index (χ0n) is 8.44. The minimum atomic E-state index is -4.20. The molecule has 1 unspecified atom stereocenters. The highest BCUT2D eigenvalue weighted by atomic mass is 32.3. The largest absolute Gasteiger partial charge is 0.317 e. The second kappa shape index (κ2) is 4.53. The van der Waals surface area contributed by atoms with Crippen LogP contribution in [0.4, 0.5) is 0 Å². The van der Waals surface area contributed by atoms with Gasteiger partial charge in [0.25, 0.3) is 0 Å². The number of fused-ring (bicyclic) bond motifs is 1. The molecular weight excluding hydrogens is 264 g/mol. The molecule has 1 atom stereocenters. The monoisotopic (exact) mass is 272 g/mol. The highest BCUT2D eigenvalue weighted by Gasteiger charge is 2.18. The van der Waals surface area contributed by atoms with Crippen molar-refractivity contribution in [2.75, 3.05) is 0 Å². The third kappa shape index (κ3) is 2.70. The van der Waals surface area contributed by atoms with Gasteiger partial charge in [0.15, 0.2) is 0 Å². The first-order valence-electron chi connectivity index (χ1n) is 4.54. The predicted molar refractivity (Wildman–Crippen MR) is 63.0 cm³/mol. The Labute approximate surface area is 101 Å². The third-order valence-corrected chi connectivity index (χ3v) is 4.17. The van der Waals surface area contributed by atoms with Gasteiger partial charge in [-0.1, -0.05) is 30.3 Å². The van der Waals surface area contributed by atoms with Crippen molar-refractivity contribution < 1.29 is 20.8 Å². The second-order valence-electron chi connectivity index (χ2n) is 3.25. The van der Waals surface area contributed by atoms with E-state index in [0.29, 0.717) is 5.39 Å². The van der Waals surface area contributed by atoms with Crippen LogP contribution in [-0.4, -0.2) is 17.2 Å². The molecule has 0 aliphatic carbocycles. The quantitative estimate of drug-likeness (QED) is 0.860. The summed E-state index contributed by atoms with van der Waals surface area (Å²) in [5.41, 5.74) is 0. The van der Waals surface area contributed by atoms with Crippen LogP contribution in [-0.2, 0) is 25.1 Å². The molecule has 0 saturated carbocycles. The van der Waals surface area contributed by atoms with Crippen LogP contribution in [0, 0.1) is 0 Å². The summed E-state index contributed by atoms with van der Waals surface area (Å²) in [5.74, 6) is 0. The molecule has 0 bridgehead atoms. The van der Waals surface area contributed by atoms with Crippen molar-refractivity contribution in [3.8, 4) is 0 Å². The Morgan fingerprint density at radius 2 is 1.71 bits per heavy atom. The minimum Gasteiger partial charge on any atom is -0.283 e. The number of hydrogen-bond acceptors (Lipinski definition) is 4. The van der Waals surface area contributed by atoms with Crippen LogP contribution in [0.5, 0.6) is 0 Å². The lowest BCUT2D eigenvalue weighted by molar-refractivity contribution is 0.442. The maximum Gasteiger partial charge on any atom is 0.317 e. The van der Waals surface area contributed by atoms with Crippen LogP contribution in [0.15, 0.2) is 47.4 Å². The molecule has 7 heteroatoms. The average Bonchev–Trinajstić information content (AvgIpc) is 2.26. The van der Waals surface area contributed by atoms with E-state index in [9.17, 15) is 12.6 Å².